The van der Waals surface area contributed by atoms with Gasteiger partial charge in [0.1, 0.15) is 0 Å². The first-order valence-electron chi connectivity index (χ1n) is 6.62. The average Bonchev–Trinajstić information content (AvgIpc) is 2.45. The van der Waals surface area contributed by atoms with E-state index in [9.17, 15) is 14.7 Å². The molecule has 2 unspecified atom stereocenters. The molecule has 1 aromatic rings. The molecule has 0 radical (unpaired) electrons. The third-order valence-corrected chi connectivity index (χ3v) is 4.14. The van der Waals surface area contributed by atoms with Crippen molar-refractivity contribution in [3.63, 3.8) is 0 Å². The Labute approximate surface area is 132 Å². The number of hydrogen-bond acceptors (Lipinski definition) is 3. The number of nitrogens with zero attached hydrogens (tertiary/aromatic N) is 1. The van der Waals surface area contributed by atoms with Crippen LogP contribution in [0.15, 0.2) is 18.2 Å². The van der Waals surface area contributed by atoms with Crippen molar-refractivity contribution in [2.24, 2.45) is 5.92 Å². The van der Waals surface area contributed by atoms with Crippen LogP contribution in [-0.4, -0.2) is 41.0 Å². The van der Waals surface area contributed by atoms with E-state index in [2.05, 4.69) is 5.32 Å². The van der Waals surface area contributed by atoms with Crippen LogP contribution in [0, 0.1) is 5.92 Å². The first-order chi connectivity index (χ1) is 9.88. The molecule has 1 fully saturated rings. The highest BCUT2D eigenvalue weighted by Crippen LogP contribution is 2.25. The smallest absolute Gasteiger partial charge is 0.313 e. The average molecular weight is 331 g/mol. The maximum Gasteiger partial charge on any atom is 0.313 e. The SMILES string of the molecule is CC1CCN(C(=O)C(=O)Nc2cc(Cl)ccc2Cl)CC1O. The molecule has 0 bridgehead atoms. The molecular formula is C14H16Cl2N2O3. The fourth-order valence-corrected chi connectivity index (χ4v) is 2.48. The molecule has 2 N–H and O–H groups in total. The molecule has 7 heteroatoms. The third-order valence-electron chi connectivity index (χ3n) is 3.58. The number of β-amino-alcohol motifs (C(OH)–C–C–N with tert-alkyl or cyclic N) is 1. The van der Waals surface area contributed by atoms with E-state index >= 15 is 0 Å². The molecule has 2 atom stereocenters. The number of anilines is 1. The lowest BCUT2D eigenvalue weighted by atomic mass is 9.96. The van der Waals surface area contributed by atoms with Crippen molar-refractivity contribution >= 4 is 40.7 Å². The molecule has 0 aliphatic carbocycles. The van der Waals surface area contributed by atoms with Crippen LogP contribution in [0.1, 0.15) is 13.3 Å². The number of aliphatic hydroxyl groups excluding tert-OH is 1. The number of aliphatic hydroxyl groups is 1. The van der Waals surface area contributed by atoms with Gasteiger partial charge in [0.2, 0.25) is 0 Å². The van der Waals surface area contributed by atoms with Crippen LogP contribution in [0.3, 0.4) is 0 Å². The second-order valence-electron chi connectivity index (χ2n) is 5.16. The van der Waals surface area contributed by atoms with Crippen LogP contribution in [0.5, 0.6) is 0 Å². The van der Waals surface area contributed by atoms with Crippen LogP contribution in [0.25, 0.3) is 0 Å². The lowest BCUT2D eigenvalue weighted by molar-refractivity contribution is -0.146. The molecular weight excluding hydrogens is 315 g/mol. The van der Waals surface area contributed by atoms with E-state index in [4.69, 9.17) is 23.2 Å². The number of halogens is 2. The zero-order valence-electron chi connectivity index (χ0n) is 11.5. The molecule has 0 aromatic heterocycles. The number of carbonyl (C=O) groups is 2. The monoisotopic (exact) mass is 330 g/mol. The van der Waals surface area contributed by atoms with Gasteiger partial charge in [-0.1, -0.05) is 30.1 Å². The molecule has 1 aliphatic heterocycles. The molecule has 2 amide bonds. The summed E-state index contributed by atoms with van der Waals surface area (Å²) in [7, 11) is 0. The highest BCUT2D eigenvalue weighted by molar-refractivity contribution is 6.42. The predicted molar refractivity (Wildman–Crippen MR) is 81.5 cm³/mol. The summed E-state index contributed by atoms with van der Waals surface area (Å²) < 4.78 is 0. The van der Waals surface area contributed by atoms with Gasteiger partial charge in [0, 0.05) is 18.1 Å². The normalized spacial score (nSPS) is 22.0. The molecule has 5 nitrogen and oxygen atoms in total. The van der Waals surface area contributed by atoms with Gasteiger partial charge in [0.05, 0.1) is 16.8 Å². The molecule has 0 saturated carbocycles. The van der Waals surface area contributed by atoms with Gasteiger partial charge in [-0.2, -0.15) is 0 Å². The van der Waals surface area contributed by atoms with Gasteiger partial charge in [-0.05, 0) is 30.5 Å². The molecule has 114 valence electrons. The van der Waals surface area contributed by atoms with Crippen molar-refractivity contribution in [2.45, 2.75) is 19.4 Å². The molecule has 0 spiro atoms. The van der Waals surface area contributed by atoms with E-state index in [1.54, 1.807) is 6.07 Å². The summed E-state index contributed by atoms with van der Waals surface area (Å²) in [6.07, 6.45) is 0.0585. The van der Waals surface area contributed by atoms with Gasteiger partial charge < -0.3 is 15.3 Å². The first-order valence-corrected chi connectivity index (χ1v) is 7.37. The van der Waals surface area contributed by atoms with Crippen LogP contribution >= 0.6 is 23.2 Å². The number of benzene rings is 1. The number of amides is 2. The van der Waals surface area contributed by atoms with Gasteiger partial charge in [-0.25, -0.2) is 0 Å². The molecule has 1 heterocycles. The maximum absolute atomic E-state index is 12.1. The van der Waals surface area contributed by atoms with E-state index in [1.165, 1.54) is 17.0 Å². The summed E-state index contributed by atoms with van der Waals surface area (Å²) in [5, 5.41) is 12.9. The number of likely N-dealkylation sites (tertiary alicyclic amines) is 1. The van der Waals surface area contributed by atoms with E-state index in [1.807, 2.05) is 6.92 Å². The van der Waals surface area contributed by atoms with Crippen LogP contribution in [0.2, 0.25) is 10.0 Å². The van der Waals surface area contributed by atoms with Gasteiger partial charge >= 0.3 is 11.8 Å². The van der Waals surface area contributed by atoms with Gasteiger partial charge in [-0.3, -0.25) is 9.59 Å². The molecule has 21 heavy (non-hydrogen) atoms. The molecule has 2 rings (SSSR count). The highest BCUT2D eigenvalue weighted by atomic mass is 35.5. The Hall–Kier alpha value is -1.30. The van der Waals surface area contributed by atoms with Crippen molar-refractivity contribution in [3.8, 4) is 0 Å². The van der Waals surface area contributed by atoms with Gasteiger partial charge in [0.15, 0.2) is 0 Å². The summed E-state index contributed by atoms with van der Waals surface area (Å²) in [6, 6.07) is 4.60. The van der Waals surface area contributed by atoms with Crippen LogP contribution in [0.4, 0.5) is 5.69 Å². The van der Waals surface area contributed by atoms with Crippen LogP contribution in [-0.2, 0) is 9.59 Å². The van der Waals surface area contributed by atoms with E-state index in [0.717, 1.165) is 0 Å². The summed E-state index contributed by atoms with van der Waals surface area (Å²) in [4.78, 5) is 25.4. The number of piperidine rings is 1. The highest BCUT2D eigenvalue weighted by Gasteiger charge is 2.30. The molecule has 1 saturated heterocycles. The van der Waals surface area contributed by atoms with Crippen LogP contribution < -0.4 is 5.32 Å². The van der Waals surface area contributed by atoms with E-state index in [0.29, 0.717) is 23.0 Å². The van der Waals surface area contributed by atoms with Crippen molar-refractivity contribution in [1.82, 2.24) is 4.90 Å². The lowest BCUT2D eigenvalue weighted by Gasteiger charge is -2.33. The van der Waals surface area contributed by atoms with Gasteiger partial charge in [0.25, 0.3) is 0 Å². The Morgan fingerprint density at radius 2 is 2.10 bits per heavy atom. The Morgan fingerprint density at radius 3 is 2.76 bits per heavy atom. The predicted octanol–water partition coefficient (Wildman–Crippen LogP) is 2.16. The number of rotatable bonds is 1. The standard InChI is InChI=1S/C14H16Cl2N2O3/c1-8-4-5-18(7-12(8)19)14(21)13(20)17-11-6-9(15)2-3-10(11)16/h2-3,6,8,12,19H,4-5,7H2,1H3,(H,17,20). The molecule has 1 aliphatic rings. The second-order valence-corrected chi connectivity index (χ2v) is 6.01. The topological polar surface area (TPSA) is 69.6 Å². The lowest BCUT2D eigenvalue weighted by Crippen LogP contribution is -2.49. The molecule has 1 aromatic carbocycles. The van der Waals surface area contributed by atoms with Crippen molar-refractivity contribution in [2.75, 3.05) is 18.4 Å². The Balaban J connectivity index is 2.03. The summed E-state index contributed by atoms with van der Waals surface area (Å²) >= 11 is 11.8. The zero-order chi connectivity index (χ0) is 15.6. The number of carbonyl (C=O) groups excluding carboxylic acids is 2. The largest absolute Gasteiger partial charge is 0.391 e. The minimum Gasteiger partial charge on any atom is -0.391 e. The maximum atomic E-state index is 12.1. The zero-order valence-corrected chi connectivity index (χ0v) is 13.0. The van der Waals surface area contributed by atoms with Crippen molar-refractivity contribution in [1.29, 1.82) is 0 Å². The number of nitrogens with one attached hydrogen (secondary N) is 1. The Morgan fingerprint density at radius 1 is 1.38 bits per heavy atom. The first kappa shape index (κ1) is 16.1. The minimum atomic E-state index is -0.791. The minimum absolute atomic E-state index is 0.125. The van der Waals surface area contributed by atoms with Crippen molar-refractivity contribution < 1.29 is 14.7 Å². The fourth-order valence-electron chi connectivity index (χ4n) is 2.15. The van der Waals surface area contributed by atoms with E-state index < -0.39 is 17.9 Å². The fraction of sp³-hybridized carbons (Fsp3) is 0.429. The summed E-state index contributed by atoms with van der Waals surface area (Å²) in [6.45, 7) is 2.53. The Kier molecular flexibility index (Phi) is 5.08. The van der Waals surface area contributed by atoms with E-state index in [-0.39, 0.29) is 18.2 Å². The quantitative estimate of drug-likeness (QED) is 0.775. The number of hydrogen-bond donors (Lipinski definition) is 2. The summed E-state index contributed by atoms with van der Waals surface area (Å²) in [5.41, 5.74) is 0.286. The Bertz CT molecular complexity index is 565. The van der Waals surface area contributed by atoms with Crippen molar-refractivity contribution in [3.05, 3.63) is 28.2 Å². The third kappa shape index (κ3) is 3.87. The second kappa shape index (κ2) is 6.64. The van der Waals surface area contributed by atoms with Gasteiger partial charge in [-0.15, -0.1) is 0 Å². The summed E-state index contributed by atoms with van der Waals surface area (Å²) in [5.74, 6) is -1.35.